The van der Waals surface area contributed by atoms with Crippen molar-refractivity contribution in [2.75, 3.05) is 13.7 Å². The Labute approximate surface area is 104 Å². The van der Waals surface area contributed by atoms with E-state index in [2.05, 4.69) is 23.1 Å². The highest BCUT2D eigenvalue weighted by molar-refractivity contribution is 5.32. The molecule has 1 aromatic heterocycles. The van der Waals surface area contributed by atoms with Crippen molar-refractivity contribution < 1.29 is 4.74 Å². The zero-order chi connectivity index (χ0) is 12.5. The summed E-state index contributed by atoms with van der Waals surface area (Å²) in [6.45, 7) is 3.12. The first-order valence-corrected chi connectivity index (χ1v) is 5.98. The average Bonchev–Trinajstić information content (AvgIpc) is 2.39. The maximum atomic E-state index is 5.33. The monoisotopic (exact) mass is 232 g/mol. The van der Waals surface area contributed by atoms with Crippen molar-refractivity contribution in [1.82, 2.24) is 10.3 Å². The number of nitrogens with one attached hydrogen (secondary N) is 1. The second-order valence-corrected chi connectivity index (χ2v) is 3.87. The highest BCUT2D eigenvalue weighted by Crippen LogP contribution is 2.26. The van der Waals surface area contributed by atoms with Crippen LogP contribution in [0.4, 0.5) is 0 Å². The van der Waals surface area contributed by atoms with Gasteiger partial charge in [-0.3, -0.25) is 4.98 Å². The molecule has 1 rings (SSSR count). The van der Waals surface area contributed by atoms with Gasteiger partial charge >= 0.3 is 0 Å². The van der Waals surface area contributed by atoms with Gasteiger partial charge in [-0.1, -0.05) is 6.92 Å². The van der Waals surface area contributed by atoms with Crippen molar-refractivity contribution in [2.24, 2.45) is 0 Å². The summed E-state index contributed by atoms with van der Waals surface area (Å²) in [6.07, 6.45) is 11.6. The molecule has 1 unspecified atom stereocenters. The van der Waals surface area contributed by atoms with Gasteiger partial charge in [0.25, 0.3) is 0 Å². The van der Waals surface area contributed by atoms with Gasteiger partial charge in [0.15, 0.2) is 0 Å². The fourth-order valence-corrected chi connectivity index (χ4v) is 1.76. The molecule has 1 heterocycles. The lowest BCUT2D eigenvalue weighted by Crippen LogP contribution is -2.22. The van der Waals surface area contributed by atoms with Crippen LogP contribution in [0.1, 0.15) is 37.8 Å². The second-order valence-electron chi connectivity index (χ2n) is 3.87. The van der Waals surface area contributed by atoms with Crippen molar-refractivity contribution in [3.8, 4) is 18.1 Å². The molecule has 3 nitrogen and oxygen atoms in total. The Morgan fingerprint density at radius 2 is 2.41 bits per heavy atom. The van der Waals surface area contributed by atoms with Gasteiger partial charge in [0, 0.05) is 24.2 Å². The molecule has 0 saturated heterocycles. The fourth-order valence-electron chi connectivity index (χ4n) is 1.76. The molecule has 0 bridgehead atoms. The van der Waals surface area contributed by atoms with Crippen molar-refractivity contribution in [3.63, 3.8) is 0 Å². The van der Waals surface area contributed by atoms with Crippen LogP contribution >= 0.6 is 0 Å². The van der Waals surface area contributed by atoms with E-state index >= 15 is 0 Å². The smallest absolute Gasteiger partial charge is 0.141 e. The van der Waals surface area contributed by atoms with Crippen molar-refractivity contribution in [3.05, 3.63) is 24.0 Å². The van der Waals surface area contributed by atoms with Gasteiger partial charge in [0.05, 0.1) is 13.3 Å². The molecule has 0 spiro atoms. The molecule has 17 heavy (non-hydrogen) atoms. The van der Waals surface area contributed by atoms with Crippen LogP contribution in [-0.2, 0) is 0 Å². The Kier molecular flexibility index (Phi) is 6.13. The number of methoxy groups -OCH3 is 1. The van der Waals surface area contributed by atoms with Gasteiger partial charge in [0.1, 0.15) is 5.75 Å². The molecule has 3 heteroatoms. The quantitative estimate of drug-likeness (QED) is 0.734. The SMILES string of the molecule is C#CCCC(NCCC)c1ccncc1OC. The molecule has 0 fully saturated rings. The molecule has 0 aliphatic rings. The molecular weight excluding hydrogens is 212 g/mol. The Morgan fingerprint density at radius 3 is 3.06 bits per heavy atom. The molecule has 0 aromatic carbocycles. The molecule has 0 aliphatic carbocycles. The van der Waals surface area contributed by atoms with Gasteiger partial charge in [-0.05, 0) is 25.5 Å². The van der Waals surface area contributed by atoms with Crippen molar-refractivity contribution >= 4 is 0 Å². The fraction of sp³-hybridized carbons (Fsp3) is 0.500. The number of rotatable bonds is 7. The third kappa shape index (κ3) is 4.08. The molecule has 0 amide bonds. The number of aromatic nitrogens is 1. The van der Waals surface area contributed by atoms with E-state index in [9.17, 15) is 0 Å². The first kappa shape index (κ1) is 13.5. The summed E-state index contributed by atoms with van der Waals surface area (Å²) in [5.74, 6) is 3.50. The zero-order valence-electron chi connectivity index (χ0n) is 10.6. The van der Waals surface area contributed by atoms with Gasteiger partial charge < -0.3 is 10.1 Å². The Morgan fingerprint density at radius 1 is 1.59 bits per heavy atom. The van der Waals surface area contributed by atoms with Gasteiger partial charge in [-0.15, -0.1) is 12.3 Å². The third-order valence-corrected chi connectivity index (χ3v) is 2.63. The van der Waals surface area contributed by atoms with Crippen molar-refractivity contribution in [1.29, 1.82) is 0 Å². The predicted octanol–water partition coefficient (Wildman–Crippen LogP) is 2.54. The summed E-state index contributed by atoms with van der Waals surface area (Å²) >= 11 is 0. The maximum absolute atomic E-state index is 5.33. The number of hydrogen-bond acceptors (Lipinski definition) is 3. The van der Waals surface area contributed by atoms with Crippen LogP contribution in [-0.4, -0.2) is 18.6 Å². The lowest BCUT2D eigenvalue weighted by atomic mass is 10.0. The van der Waals surface area contributed by atoms with Crippen LogP contribution in [0.25, 0.3) is 0 Å². The number of nitrogens with zero attached hydrogens (tertiary/aromatic N) is 1. The second kappa shape index (κ2) is 7.70. The zero-order valence-corrected chi connectivity index (χ0v) is 10.6. The van der Waals surface area contributed by atoms with Crippen LogP contribution in [0.5, 0.6) is 5.75 Å². The van der Waals surface area contributed by atoms with E-state index in [1.165, 1.54) is 0 Å². The molecule has 0 radical (unpaired) electrons. The van der Waals surface area contributed by atoms with E-state index in [0.717, 1.165) is 37.1 Å². The van der Waals surface area contributed by atoms with Gasteiger partial charge in [-0.2, -0.15) is 0 Å². The molecule has 0 aliphatic heterocycles. The van der Waals surface area contributed by atoms with Crippen LogP contribution in [0.2, 0.25) is 0 Å². The number of ether oxygens (including phenoxy) is 1. The standard InChI is InChI=1S/C14H20N2O/c1-4-6-7-13(16-9-5-2)12-8-10-15-11-14(12)17-3/h1,8,10-11,13,16H,5-7,9H2,2-3H3. The number of hydrogen-bond donors (Lipinski definition) is 1. The van der Waals surface area contributed by atoms with Crippen LogP contribution in [0, 0.1) is 12.3 Å². The normalized spacial score (nSPS) is 11.8. The summed E-state index contributed by atoms with van der Waals surface area (Å²) in [7, 11) is 1.67. The third-order valence-electron chi connectivity index (χ3n) is 2.63. The lowest BCUT2D eigenvalue weighted by molar-refractivity contribution is 0.393. The Bertz CT molecular complexity index is 371. The lowest BCUT2D eigenvalue weighted by Gasteiger charge is -2.20. The topological polar surface area (TPSA) is 34.2 Å². The van der Waals surface area contributed by atoms with Gasteiger partial charge in [0.2, 0.25) is 0 Å². The summed E-state index contributed by atoms with van der Waals surface area (Å²) in [5, 5.41) is 3.49. The summed E-state index contributed by atoms with van der Waals surface area (Å²) in [4.78, 5) is 4.07. The van der Waals surface area contributed by atoms with E-state index in [-0.39, 0.29) is 6.04 Å². The first-order chi connectivity index (χ1) is 8.33. The molecule has 1 aromatic rings. The highest BCUT2D eigenvalue weighted by Gasteiger charge is 2.14. The number of terminal acetylenes is 1. The Hall–Kier alpha value is -1.53. The van der Waals surface area contributed by atoms with Gasteiger partial charge in [-0.25, -0.2) is 0 Å². The van der Waals surface area contributed by atoms with Crippen molar-refractivity contribution in [2.45, 2.75) is 32.2 Å². The van der Waals surface area contributed by atoms with E-state index in [4.69, 9.17) is 11.2 Å². The van der Waals surface area contributed by atoms with E-state index < -0.39 is 0 Å². The molecular formula is C14H20N2O. The number of pyridine rings is 1. The Balaban J connectivity index is 2.83. The molecule has 1 N–H and O–H groups in total. The minimum Gasteiger partial charge on any atom is -0.495 e. The summed E-state index contributed by atoms with van der Waals surface area (Å²) in [5.41, 5.74) is 1.13. The van der Waals surface area contributed by atoms with Crippen LogP contribution in [0.3, 0.4) is 0 Å². The predicted molar refractivity (Wildman–Crippen MR) is 69.9 cm³/mol. The van der Waals surface area contributed by atoms with E-state index in [0.29, 0.717) is 0 Å². The largest absolute Gasteiger partial charge is 0.495 e. The van der Waals surface area contributed by atoms with Crippen LogP contribution < -0.4 is 10.1 Å². The maximum Gasteiger partial charge on any atom is 0.141 e. The summed E-state index contributed by atoms with van der Waals surface area (Å²) < 4.78 is 5.33. The molecule has 1 atom stereocenters. The van der Waals surface area contributed by atoms with E-state index in [1.807, 2.05) is 6.07 Å². The van der Waals surface area contributed by atoms with Crippen LogP contribution in [0.15, 0.2) is 18.5 Å². The first-order valence-electron chi connectivity index (χ1n) is 5.98. The summed E-state index contributed by atoms with van der Waals surface area (Å²) in [6, 6.07) is 2.23. The minimum atomic E-state index is 0.240. The minimum absolute atomic E-state index is 0.240. The van der Waals surface area contributed by atoms with E-state index in [1.54, 1.807) is 19.5 Å². The average molecular weight is 232 g/mol. The highest BCUT2D eigenvalue weighted by atomic mass is 16.5. The molecule has 92 valence electrons. The molecule has 0 saturated carbocycles.